The van der Waals surface area contributed by atoms with E-state index >= 15 is 0 Å². The van der Waals surface area contributed by atoms with Crippen molar-refractivity contribution in [3.05, 3.63) is 35.6 Å². The Balaban J connectivity index is 2.12. The van der Waals surface area contributed by atoms with E-state index < -0.39 is 6.04 Å². The smallest absolute Gasteiger partial charge is 0.243 e. The molecule has 4 nitrogen and oxygen atoms in total. The minimum Gasteiger partial charge on any atom is -0.347 e. The van der Waals surface area contributed by atoms with Gasteiger partial charge in [0.15, 0.2) is 0 Å². The van der Waals surface area contributed by atoms with E-state index in [1.54, 1.807) is 12.1 Å². The van der Waals surface area contributed by atoms with Gasteiger partial charge in [-0.1, -0.05) is 32.9 Å². The Morgan fingerprint density at radius 3 is 2.50 bits per heavy atom. The van der Waals surface area contributed by atoms with Crippen LogP contribution in [-0.2, 0) is 9.59 Å². The first-order valence-corrected chi connectivity index (χ1v) is 7.60. The van der Waals surface area contributed by atoms with Crippen molar-refractivity contribution in [2.24, 2.45) is 5.41 Å². The molecule has 0 spiro atoms. The summed E-state index contributed by atoms with van der Waals surface area (Å²) in [5.74, 6) is -0.564. The third-order valence-electron chi connectivity index (χ3n) is 3.72. The first kappa shape index (κ1) is 16.5. The van der Waals surface area contributed by atoms with Gasteiger partial charge in [0, 0.05) is 6.42 Å². The van der Waals surface area contributed by atoms with Gasteiger partial charge in [0.25, 0.3) is 0 Å². The second-order valence-electron chi connectivity index (χ2n) is 7.04. The first-order chi connectivity index (χ1) is 10.2. The molecule has 120 valence electrons. The van der Waals surface area contributed by atoms with Gasteiger partial charge in [0.2, 0.25) is 11.8 Å². The number of carbonyl (C=O) groups is 2. The second-order valence-corrected chi connectivity index (χ2v) is 7.04. The molecule has 1 aromatic rings. The van der Waals surface area contributed by atoms with Crippen molar-refractivity contribution < 1.29 is 14.0 Å². The number of carbonyl (C=O) groups excluding carboxylic acids is 2. The van der Waals surface area contributed by atoms with Crippen molar-refractivity contribution in [2.45, 2.75) is 52.1 Å². The van der Waals surface area contributed by atoms with E-state index in [4.69, 9.17) is 0 Å². The van der Waals surface area contributed by atoms with Crippen LogP contribution in [0.1, 0.15) is 51.6 Å². The maximum absolute atomic E-state index is 13.1. The van der Waals surface area contributed by atoms with Crippen LogP contribution in [0.5, 0.6) is 0 Å². The molecule has 1 fully saturated rings. The molecule has 2 N–H and O–H groups in total. The lowest BCUT2D eigenvalue weighted by molar-refractivity contribution is -0.126. The van der Waals surface area contributed by atoms with Gasteiger partial charge >= 0.3 is 0 Å². The molecule has 5 heteroatoms. The fourth-order valence-electron chi connectivity index (χ4n) is 2.64. The van der Waals surface area contributed by atoms with Crippen LogP contribution in [0.25, 0.3) is 0 Å². The van der Waals surface area contributed by atoms with Crippen LogP contribution in [0, 0.1) is 11.2 Å². The second kappa shape index (κ2) is 6.46. The largest absolute Gasteiger partial charge is 0.347 e. The fraction of sp³-hybridized carbons (Fsp3) is 0.529. The molecular formula is C17H23FN2O2. The highest BCUT2D eigenvalue weighted by molar-refractivity contribution is 5.90. The SMILES string of the molecule is CC(C)(C)CC(NC(=O)C1CCC(=O)N1)c1ccc(F)cc1. The van der Waals surface area contributed by atoms with Crippen LogP contribution in [0.3, 0.4) is 0 Å². The van der Waals surface area contributed by atoms with Crippen LogP contribution < -0.4 is 10.6 Å². The molecule has 22 heavy (non-hydrogen) atoms. The summed E-state index contributed by atoms with van der Waals surface area (Å²) in [4.78, 5) is 23.6. The van der Waals surface area contributed by atoms with Gasteiger partial charge in [-0.2, -0.15) is 0 Å². The highest BCUT2D eigenvalue weighted by atomic mass is 19.1. The zero-order chi connectivity index (χ0) is 16.3. The monoisotopic (exact) mass is 306 g/mol. The van der Waals surface area contributed by atoms with E-state index in [0.29, 0.717) is 12.8 Å². The van der Waals surface area contributed by atoms with Crippen LogP contribution in [0.15, 0.2) is 24.3 Å². The standard InChI is InChI=1S/C17H23FN2O2/c1-17(2,3)10-14(11-4-6-12(18)7-5-11)20-16(22)13-8-9-15(21)19-13/h4-7,13-14H,8-10H2,1-3H3,(H,19,21)(H,20,22). The van der Waals surface area contributed by atoms with Crippen molar-refractivity contribution in [3.63, 3.8) is 0 Å². The molecule has 1 saturated heterocycles. The Labute approximate surface area is 130 Å². The molecule has 1 aliphatic heterocycles. The number of benzene rings is 1. The fourth-order valence-corrected chi connectivity index (χ4v) is 2.64. The van der Waals surface area contributed by atoms with E-state index in [1.165, 1.54) is 12.1 Å². The molecular weight excluding hydrogens is 283 g/mol. The summed E-state index contributed by atoms with van der Waals surface area (Å²) in [6.45, 7) is 6.27. The summed E-state index contributed by atoms with van der Waals surface area (Å²) in [5.41, 5.74) is 0.875. The Kier molecular flexibility index (Phi) is 4.84. The van der Waals surface area contributed by atoms with Crippen LogP contribution in [0.2, 0.25) is 0 Å². The van der Waals surface area contributed by atoms with Gasteiger partial charge in [-0.3, -0.25) is 9.59 Å². The Hall–Kier alpha value is -1.91. The highest BCUT2D eigenvalue weighted by Crippen LogP contribution is 2.29. The predicted octanol–water partition coefficient (Wildman–Crippen LogP) is 2.70. The van der Waals surface area contributed by atoms with Crippen molar-refractivity contribution in [3.8, 4) is 0 Å². The van der Waals surface area contributed by atoms with Crippen LogP contribution >= 0.6 is 0 Å². The van der Waals surface area contributed by atoms with E-state index in [2.05, 4.69) is 31.4 Å². The topological polar surface area (TPSA) is 58.2 Å². The molecule has 1 aromatic carbocycles. The van der Waals surface area contributed by atoms with E-state index in [9.17, 15) is 14.0 Å². The van der Waals surface area contributed by atoms with E-state index in [-0.39, 0.29) is 29.1 Å². The van der Waals surface area contributed by atoms with Gasteiger partial charge in [-0.25, -0.2) is 4.39 Å². The Morgan fingerprint density at radius 2 is 2.00 bits per heavy atom. The Bertz CT molecular complexity index is 549. The summed E-state index contributed by atoms with van der Waals surface area (Å²) in [7, 11) is 0. The van der Waals surface area contributed by atoms with E-state index in [1.807, 2.05) is 0 Å². The number of hydrogen-bond donors (Lipinski definition) is 2. The number of rotatable bonds is 4. The zero-order valence-electron chi connectivity index (χ0n) is 13.3. The maximum atomic E-state index is 13.1. The van der Waals surface area contributed by atoms with Crippen LogP contribution in [-0.4, -0.2) is 17.9 Å². The van der Waals surface area contributed by atoms with Crippen molar-refractivity contribution in [2.75, 3.05) is 0 Å². The number of amides is 2. The van der Waals surface area contributed by atoms with Crippen LogP contribution in [0.4, 0.5) is 4.39 Å². The molecule has 2 atom stereocenters. The van der Waals surface area contributed by atoms with Crippen molar-refractivity contribution >= 4 is 11.8 Å². The summed E-state index contributed by atoms with van der Waals surface area (Å²) in [6, 6.07) is 5.52. The average Bonchev–Trinajstić information content (AvgIpc) is 2.84. The molecule has 0 aromatic heterocycles. The third-order valence-corrected chi connectivity index (χ3v) is 3.72. The van der Waals surface area contributed by atoms with Crippen molar-refractivity contribution in [1.82, 2.24) is 10.6 Å². The highest BCUT2D eigenvalue weighted by Gasteiger charge is 2.30. The predicted molar refractivity (Wildman–Crippen MR) is 82.5 cm³/mol. The average molecular weight is 306 g/mol. The van der Waals surface area contributed by atoms with Crippen molar-refractivity contribution in [1.29, 1.82) is 0 Å². The molecule has 1 heterocycles. The lowest BCUT2D eigenvalue weighted by Crippen LogP contribution is -2.43. The first-order valence-electron chi connectivity index (χ1n) is 7.60. The molecule has 0 aliphatic carbocycles. The van der Waals surface area contributed by atoms with Gasteiger partial charge in [-0.15, -0.1) is 0 Å². The molecule has 0 bridgehead atoms. The normalized spacial score (nSPS) is 19.6. The summed E-state index contributed by atoms with van der Waals surface area (Å²) >= 11 is 0. The number of nitrogens with one attached hydrogen (secondary N) is 2. The lowest BCUT2D eigenvalue weighted by Gasteiger charge is -2.28. The molecule has 1 aliphatic rings. The molecule has 2 unspecified atom stereocenters. The van der Waals surface area contributed by atoms with Gasteiger partial charge in [0.05, 0.1) is 6.04 Å². The lowest BCUT2D eigenvalue weighted by atomic mass is 9.85. The van der Waals surface area contributed by atoms with Gasteiger partial charge < -0.3 is 10.6 Å². The summed E-state index contributed by atoms with van der Waals surface area (Å²) in [6.07, 6.45) is 1.64. The number of halogens is 1. The van der Waals surface area contributed by atoms with Gasteiger partial charge in [0.1, 0.15) is 11.9 Å². The van der Waals surface area contributed by atoms with E-state index in [0.717, 1.165) is 12.0 Å². The maximum Gasteiger partial charge on any atom is 0.243 e. The minimum absolute atomic E-state index is 0.00521. The third kappa shape index (κ3) is 4.55. The summed E-state index contributed by atoms with van der Waals surface area (Å²) in [5, 5.41) is 5.67. The quantitative estimate of drug-likeness (QED) is 0.898. The Morgan fingerprint density at radius 1 is 1.36 bits per heavy atom. The van der Waals surface area contributed by atoms with Gasteiger partial charge in [-0.05, 0) is 36.0 Å². The summed E-state index contributed by atoms with van der Waals surface area (Å²) < 4.78 is 13.1. The molecule has 2 rings (SSSR count). The zero-order valence-corrected chi connectivity index (χ0v) is 13.3. The molecule has 0 radical (unpaired) electrons. The molecule has 0 saturated carbocycles. The number of hydrogen-bond acceptors (Lipinski definition) is 2. The minimum atomic E-state index is -0.463. The molecule has 2 amide bonds.